The Morgan fingerprint density at radius 1 is 1.46 bits per heavy atom. The first-order valence-electron chi connectivity index (χ1n) is 8.46. The molecule has 1 fully saturated rings. The number of benzene rings is 1. The highest BCUT2D eigenvalue weighted by Gasteiger charge is 2.32. The molecule has 0 unspecified atom stereocenters. The molecule has 0 spiro atoms. The highest BCUT2D eigenvalue weighted by molar-refractivity contribution is 5.93. The normalized spacial score (nSPS) is 16.5. The molecular formula is C18H20FN3O4. The van der Waals surface area contributed by atoms with E-state index in [9.17, 15) is 14.0 Å². The summed E-state index contributed by atoms with van der Waals surface area (Å²) in [5, 5.41) is 2.77. The van der Waals surface area contributed by atoms with E-state index in [2.05, 4.69) is 10.3 Å². The molecular weight excluding hydrogens is 341 g/mol. The van der Waals surface area contributed by atoms with Crippen LogP contribution in [0, 0.1) is 11.7 Å². The van der Waals surface area contributed by atoms with Gasteiger partial charge in [-0.2, -0.15) is 0 Å². The van der Waals surface area contributed by atoms with Gasteiger partial charge in [0.1, 0.15) is 17.8 Å². The lowest BCUT2D eigenvalue weighted by Gasteiger charge is -2.14. The number of nitrogens with one attached hydrogen (secondary N) is 1. The molecule has 0 radical (unpaired) electrons. The van der Waals surface area contributed by atoms with Crippen molar-refractivity contribution in [3.8, 4) is 5.75 Å². The second kappa shape index (κ2) is 7.99. The summed E-state index contributed by atoms with van der Waals surface area (Å²) in [6, 6.07) is 5.72. The highest BCUT2D eigenvalue weighted by atomic mass is 19.1. The van der Waals surface area contributed by atoms with E-state index in [-0.39, 0.29) is 35.9 Å². The molecule has 138 valence electrons. The number of likely N-dealkylation sites (tertiary alicyclic amines) is 1. The van der Waals surface area contributed by atoms with Crippen LogP contribution in [0.1, 0.15) is 29.7 Å². The fraction of sp³-hybridized carbons (Fsp3) is 0.389. The van der Waals surface area contributed by atoms with E-state index in [0.29, 0.717) is 31.8 Å². The van der Waals surface area contributed by atoms with E-state index >= 15 is 0 Å². The highest BCUT2D eigenvalue weighted by Crippen LogP contribution is 2.19. The van der Waals surface area contributed by atoms with Crippen LogP contribution in [0.2, 0.25) is 0 Å². The quantitative estimate of drug-likeness (QED) is 0.851. The smallest absolute Gasteiger partial charge is 0.275 e. The number of amides is 2. The molecule has 2 heterocycles. The summed E-state index contributed by atoms with van der Waals surface area (Å²) in [7, 11) is 0. The minimum absolute atomic E-state index is 0.0156. The fourth-order valence-corrected chi connectivity index (χ4v) is 2.82. The summed E-state index contributed by atoms with van der Waals surface area (Å²) in [4.78, 5) is 30.1. The number of rotatable bonds is 6. The Morgan fingerprint density at radius 2 is 2.31 bits per heavy atom. The lowest BCUT2D eigenvalue weighted by atomic mass is 10.1. The number of carbonyl (C=O) groups is 2. The van der Waals surface area contributed by atoms with Crippen molar-refractivity contribution >= 4 is 11.8 Å². The summed E-state index contributed by atoms with van der Waals surface area (Å²) in [5.41, 5.74) is 0.166. The van der Waals surface area contributed by atoms with Gasteiger partial charge in [-0.3, -0.25) is 9.59 Å². The van der Waals surface area contributed by atoms with Gasteiger partial charge in [0.15, 0.2) is 12.3 Å². The third-order valence-electron chi connectivity index (χ3n) is 4.13. The monoisotopic (exact) mass is 361 g/mol. The third-order valence-corrected chi connectivity index (χ3v) is 4.13. The lowest BCUT2D eigenvalue weighted by molar-refractivity contribution is -0.124. The summed E-state index contributed by atoms with van der Waals surface area (Å²) in [5.74, 6) is -0.342. The van der Waals surface area contributed by atoms with Gasteiger partial charge in [0.05, 0.1) is 5.92 Å². The van der Waals surface area contributed by atoms with E-state index in [4.69, 9.17) is 9.15 Å². The van der Waals surface area contributed by atoms with Crippen LogP contribution in [-0.2, 0) is 11.4 Å². The number of halogens is 1. The summed E-state index contributed by atoms with van der Waals surface area (Å²) < 4.78 is 23.8. The minimum atomic E-state index is -0.401. The first-order chi connectivity index (χ1) is 12.6. The molecule has 1 saturated heterocycles. The van der Waals surface area contributed by atoms with Crippen LogP contribution >= 0.6 is 0 Å². The Labute approximate surface area is 150 Å². The van der Waals surface area contributed by atoms with Gasteiger partial charge >= 0.3 is 0 Å². The molecule has 1 N–H and O–H groups in total. The van der Waals surface area contributed by atoms with Crippen molar-refractivity contribution < 1.29 is 23.1 Å². The van der Waals surface area contributed by atoms with Crippen molar-refractivity contribution in [3.63, 3.8) is 0 Å². The van der Waals surface area contributed by atoms with Crippen molar-refractivity contribution in [2.75, 3.05) is 19.6 Å². The molecule has 2 aromatic rings. The number of aromatic nitrogens is 1. The maximum absolute atomic E-state index is 13.1. The lowest BCUT2D eigenvalue weighted by Crippen LogP contribution is -2.34. The average molecular weight is 361 g/mol. The number of ether oxygens (including phenoxy) is 1. The number of hydrogen-bond donors (Lipinski definition) is 1. The van der Waals surface area contributed by atoms with E-state index in [1.807, 2.05) is 6.92 Å². The Kier molecular flexibility index (Phi) is 5.50. The molecule has 26 heavy (non-hydrogen) atoms. The van der Waals surface area contributed by atoms with Crippen LogP contribution < -0.4 is 10.1 Å². The number of carbonyl (C=O) groups excluding carboxylic acids is 2. The molecule has 1 aromatic heterocycles. The fourth-order valence-electron chi connectivity index (χ4n) is 2.82. The Morgan fingerprint density at radius 3 is 3.08 bits per heavy atom. The van der Waals surface area contributed by atoms with E-state index < -0.39 is 5.82 Å². The molecule has 0 bridgehead atoms. The van der Waals surface area contributed by atoms with Crippen LogP contribution in [0.4, 0.5) is 4.39 Å². The van der Waals surface area contributed by atoms with Gasteiger partial charge in [0, 0.05) is 25.7 Å². The molecule has 0 saturated carbocycles. The maximum Gasteiger partial charge on any atom is 0.275 e. The molecule has 1 atom stereocenters. The summed E-state index contributed by atoms with van der Waals surface area (Å²) in [6.07, 6.45) is 1.90. The zero-order valence-electron chi connectivity index (χ0n) is 14.4. The molecule has 3 rings (SSSR count). The summed E-state index contributed by atoms with van der Waals surface area (Å²) >= 11 is 0. The Bertz CT molecular complexity index is 792. The first kappa shape index (κ1) is 17.9. The predicted octanol–water partition coefficient (Wildman–Crippen LogP) is 1.99. The van der Waals surface area contributed by atoms with Crippen molar-refractivity contribution in [2.45, 2.75) is 20.0 Å². The van der Waals surface area contributed by atoms with Crippen LogP contribution in [0.5, 0.6) is 5.75 Å². The molecule has 1 aromatic carbocycles. The standard InChI is InChI=1S/C18H20FN3O4/c1-2-20-17(23)12-6-7-22(9-12)18(24)15-10-26-16(21-15)11-25-14-5-3-4-13(19)8-14/h3-5,8,10,12H,2,6-7,9,11H2,1H3,(H,20,23)/t12-/m0/s1. The van der Waals surface area contributed by atoms with Gasteiger partial charge in [-0.1, -0.05) is 6.07 Å². The van der Waals surface area contributed by atoms with Gasteiger partial charge in [0.2, 0.25) is 11.8 Å². The van der Waals surface area contributed by atoms with Crippen molar-refractivity contribution in [2.24, 2.45) is 5.92 Å². The third kappa shape index (κ3) is 4.19. The molecule has 1 aliphatic heterocycles. The van der Waals surface area contributed by atoms with E-state index in [1.54, 1.807) is 11.0 Å². The topological polar surface area (TPSA) is 84.7 Å². The zero-order chi connectivity index (χ0) is 18.5. The Balaban J connectivity index is 1.56. The summed E-state index contributed by atoms with van der Waals surface area (Å²) in [6.45, 7) is 3.29. The van der Waals surface area contributed by atoms with E-state index in [1.165, 1.54) is 24.5 Å². The molecule has 0 aliphatic carbocycles. The van der Waals surface area contributed by atoms with Gasteiger partial charge in [-0.15, -0.1) is 0 Å². The first-order valence-corrected chi connectivity index (χ1v) is 8.46. The van der Waals surface area contributed by atoms with Crippen LogP contribution in [-0.4, -0.2) is 41.3 Å². The SMILES string of the molecule is CCNC(=O)[C@H]1CCN(C(=O)c2coc(COc3cccc(F)c3)n2)C1. The largest absolute Gasteiger partial charge is 0.484 e. The average Bonchev–Trinajstić information content (AvgIpc) is 3.29. The second-order valence-corrected chi connectivity index (χ2v) is 6.00. The van der Waals surface area contributed by atoms with Crippen molar-refractivity contribution in [3.05, 3.63) is 47.9 Å². The van der Waals surface area contributed by atoms with Crippen LogP contribution in [0.15, 0.2) is 34.9 Å². The van der Waals surface area contributed by atoms with Crippen LogP contribution in [0.3, 0.4) is 0 Å². The van der Waals surface area contributed by atoms with Gasteiger partial charge < -0.3 is 19.4 Å². The van der Waals surface area contributed by atoms with Gasteiger partial charge in [-0.25, -0.2) is 9.37 Å². The predicted molar refractivity (Wildman–Crippen MR) is 89.9 cm³/mol. The molecule has 8 heteroatoms. The van der Waals surface area contributed by atoms with Gasteiger partial charge in [0.25, 0.3) is 5.91 Å². The Hall–Kier alpha value is -2.90. The van der Waals surface area contributed by atoms with Crippen LogP contribution in [0.25, 0.3) is 0 Å². The van der Waals surface area contributed by atoms with Gasteiger partial charge in [-0.05, 0) is 25.5 Å². The second-order valence-electron chi connectivity index (χ2n) is 6.00. The number of oxazole rings is 1. The molecule has 7 nitrogen and oxygen atoms in total. The van der Waals surface area contributed by atoms with E-state index in [0.717, 1.165) is 0 Å². The minimum Gasteiger partial charge on any atom is -0.484 e. The number of hydrogen-bond acceptors (Lipinski definition) is 5. The number of nitrogens with zero attached hydrogens (tertiary/aromatic N) is 2. The zero-order valence-corrected chi connectivity index (χ0v) is 14.4. The van der Waals surface area contributed by atoms with Crippen molar-refractivity contribution in [1.29, 1.82) is 0 Å². The van der Waals surface area contributed by atoms with Crippen molar-refractivity contribution in [1.82, 2.24) is 15.2 Å². The molecule has 1 aliphatic rings. The maximum atomic E-state index is 13.1. The molecule has 2 amide bonds.